The lowest BCUT2D eigenvalue weighted by Crippen LogP contribution is -2.53. The maximum Gasteiger partial charge on any atom is 0.319 e. The van der Waals surface area contributed by atoms with Gasteiger partial charge in [0, 0.05) is 29.7 Å². The van der Waals surface area contributed by atoms with Gasteiger partial charge in [0.1, 0.15) is 0 Å². The van der Waals surface area contributed by atoms with Crippen LogP contribution in [0.5, 0.6) is 0 Å². The zero-order chi connectivity index (χ0) is 19.6. The van der Waals surface area contributed by atoms with Gasteiger partial charge < -0.3 is 10.6 Å². The Balaban J connectivity index is 1.23. The highest BCUT2D eigenvalue weighted by Crippen LogP contribution is 2.41. The van der Waals surface area contributed by atoms with E-state index in [1.54, 1.807) is 0 Å². The third-order valence-corrected chi connectivity index (χ3v) is 7.13. The van der Waals surface area contributed by atoms with Gasteiger partial charge in [-0.15, -0.1) is 0 Å². The Kier molecular flexibility index (Phi) is 5.28. The maximum atomic E-state index is 12.8. The fraction of sp³-hybridized carbons (Fsp3) is 0.480. The molecule has 0 aromatic heterocycles. The molecule has 5 rings (SSSR count). The Bertz CT molecular complexity index is 832. The van der Waals surface area contributed by atoms with E-state index in [9.17, 15) is 4.79 Å². The van der Waals surface area contributed by atoms with Crippen molar-refractivity contribution >= 4 is 11.7 Å². The number of fused-ring (bicyclic) bond motifs is 2. The standard InChI is InChI=1S/C25H31N3O/c29-25(27-24-13-7-6-12-23(24)18-8-2-1-3-9-18)26-19-16-21-14-15-22(17-19)28(21)20-10-4-5-11-20/h1-3,6-9,12-13,19-22H,4-5,10-11,14-17H2,(H2,26,27,29). The fourth-order valence-electron chi connectivity index (χ4n) is 5.94. The molecule has 2 aliphatic heterocycles. The number of urea groups is 1. The quantitative estimate of drug-likeness (QED) is 0.734. The summed E-state index contributed by atoms with van der Waals surface area (Å²) >= 11 is 0. The molecule has 0 radical (unpaired) electrons. The first-order chi connectivity index (χ1) is 14.3. The number of rotatable bonds is 4. The predicted molar refractivity (Wildman–Crippen MR) is 118 cm³/mol. The van der Waals surface area contributed by atoms with Gasteiger partial charge in [0.05, 0.1) is 5.69 Å². The zero-order valence-corrected chi connectivity index (χ0v) is 17.0. The monoisotopic (exact) mass is 389 g/mol. The van der Waals surface area contributed by atoms with Gasteiger partial charge in [-0.05, 0) is 50.2 Å². The van der Waals surface area contributed by atoms with Gasteiger partial charge in [-0.25, -0.2) is 4.79 Å². The number of piperidine rings is 1. The highest BCUT2D eigenvalue weighted by molar-refractivity contribution is 5.94. The summed E-state index contributed by atoms with van der Waals surface area (Å²) in [5, 5.41) is 6.39. The zero-order valence-electron chi connectivity index (χ0n) is 17.0. The summed E-state index contributed by atoms with van der Waals surface area (Å²) in [6.07, 6.45) is 10.3. The molecule has 2 saturated heterocycles. The van der Waals surface area contributed by atoms with Crippen LogP contribution in [-0.4, -0.2) is 35.1 Å². The minimum Gasteiger partial charge on any atom is -0.335 e. The van der Waals surface area contributed by atoms with Crippen molar-refractivity contribution in [3.8, 4) is 11.1 Å². The number of hydrogen-bond acceptors (Lipinski definition) is 2. The van der Waals surface area contributed by atoms with Crippen LogP contribution in [0.2, 0.25) is 0 Å². The van der Waals surface area contributed by atoms with Crippen LogP contribution in [0.3, 0.4) is 0 Å². The number of carbonyl (C=O) groups excluding carboxylic acids is 1. The Morgan fingerprint density at radius 2 is 1.45 bits per heavy atom. The molecule has 29 heavy (non-hydrogen) atoms. The van der Waals surface area contributed by atoms with E-state index in [-0.39, 0.29) is 12.1 Å². The van der Waals surface area contributed by atoms with Crippen molar-refractivity contribution in [3.63, 3.8) is 0 Å². The second kappa shape index (κ2) is 8.19. The SMILES string of the molecule is O=C(Nc1ccccc1-c1ccccc1)NC1CC2CCC(C1)N2C1CCCC1. The maximum absolute atomic E-state index is 12.8. The molecule has 1 saturated carbocycles. The Morgan fingerprint density at radius 3 is 2.17 bits per heavy atom. The van der Waals surface area contributed by atoms with Gasteiger partial charge in [0.25, 0.3) is 0 Å². The summed E-state index contributed by atoms with van der Waals surface area (Å²) in [6.45, 7) is 0. The summed E-state index contributed by atoms with van der Waals surface area (Å²) in [5.74, 6) is 0. The van der Waals surface area contributed by atoms with Crippen LogP contribution in [0, 0.1) is 0 Å². The van der Waals surface area contributed by atoms with Crippen molar-refractivity contribution in [1.29, 1.82) is 0 Å². The van der Waals surface area contributed by atoms with Crippen molar-refractivity contribution in [2.24, 2.45) is 0 Å². The first-order valence-corrected chi connectivity index (χ1v) is 11.3. The van der Waals surface area contributed by atoms with Gasteiger partial charge in [-0.3, -0.25) is 4.90 Å². The third kappa shape index (κ3) is 3.91. The van der Waals surface area contributed by atoms with Gasteiger partial charge in [0.2, 0.25) is 0 Å². The van der Waals surface area contributed by atoms with Crippen LogP contribution in [-0.2, 0) is 0 Å². The van der Waals surface area contributed by atoms with E-state index in [0.717, 1.165) is 35.7 Å². The third-order valence-electron chi connectivity index (χ3n) is 7.13. The first-order valence-electron chi connectivity index (χ1n) is 11.3. The summed E-state index contributed by atoms with van der Waals surface area (Å²) in [4.78, 5) is 15.6. The fourth-order valence-corrected chi connectivity index (χ4v) is 5.94. The highest BCUT2D eigenvalue weighted by atomic mass is 16.2. The molecule has 2 atom stereocenters. The van der Waals surface area contributed by atoms with E-state index in [4.69, 9.17) is 0 Å². The van der Waals surface area contributed by atoms with Gasteiger partial charge in [0.15, 0.2) is 0 Å². The minimum absolute atomic E-state index is 0.0768. The van der Waals surface area contributed by atoms with Crippen molar-refractivity contribution < 1.29 is 4.79 Å². The average molecular weight is 390 g/mol. The van der Waals surface area contributed by atoms with Crippen molar-refractivity contribution in [1.82, 2.24) is 10.2 Å². The van der Waals surface area contributed by atoms with E-state index in [2.05, 4.69) is 33.7 Å². The molecular weight excluding hydrogens is 358 g/mol. The van der Waals surface area contributed by atoms with Crippen LogP contribution >= 0.6 is 0 Å². The number of para-hydroxylation sites is 1. The number of nitrogens with one attached hydrogen (secondary N) is 2. The Morgan fingerprint density at radius 1 is 0.793 bits per heavy atom. The molecule has 2 heterocycles. The summed E-state index contributed by atoms with van der Waals surface area (Å²) in [6, 6.07) is 20.6. The van der Waals surface area contributed by atoms with E-state index < -0.39 is 0 Å². The molecule has 0 spiro atoms. The van der Waals surface area contributed by atoms with Gasteiger partial charge >= 0.3 is 6.03 Å². The molecule has 4 nitrogen and oxygen atoms in total. The summed E-state index contributed by atoms with van der Waals surface area (Å²) < 4.78 is 0. The lowest BCUT2D eigenvalue weighted by Gasteiger charge is -2.42. The van der Waals surface area contributed by atoms with E-state index in [1.165, 1.54) is 38.5 Å². The summed E-state index contributed by atoms with van der Waals surface area (Å²) in [7, 11) is 0. The van der Waals surface area contributed by atoms with Crippen LogP contribution in [0.1, 0.15) is 51.4 Å². The molecule has 152 valence electrons. The Labute approximate surface area is 173 Å². The molecule has 2 aromatic rings. The average Bonchev–Trinajstić information content (AvgIpc) is 3.35. The minimum atomic E-state index is -0.0768. The molecule has 2 aromatic carbocycles. The molecule has 2 unspecified atom stereocenters. The Hall–Kier alpha value is -2.33. The molecule has 3 fully saturated rings. The van der Waals surface area contributed by atoms with Crippen molar-refractivity contribution in [2.45, 2.75) is 75.5 Å². The molecule has 2 bridgehead atoms. The first kappa shape index (κ1) is 18.7. The lowest BCUT2D eigenvalue weighted by atomic mass is 9.95. The number of benzene rings is 2. The smallest absolute Gasteiger partial charge is 0.319 e. The van der Waals surface area contributed by atoms with Gasteiger partial charge in [-0.1, -0.05) is 61.4 Å². The number of anilines is 1. The largest absolute Gasteiger partial charge is 0.335 e. The second-order valence-electron chi connectivity index (χ2n) is 8.95. The van der Waals surface area contributed by atoms with E-state index in [1.807, 2.05) is 36.4 Å². The van der Waals surface area contributed by atoms with Crippen molar-refractivity contribution in [3.05, 3.63) is 54.6 Å². The van der Waals surface area contributed by atoms with E-state index >= 15 is 0 Å². The topological polar surface area (TPSA) is 44.4 Å². The van der Waals surface area contributed by atoms with E-state index in [0.29, 0.717) is 12.1 Å². The molecular formula is C25H31N3O. The van der Waals surface area contributed by atoms with Crippen LogP contribution in [0.15, 0.2) is 54.6 Å². The summed E-state index contributed by atoms with van der Waals surface area (Å²) in [5.41, 5.74) is 3.04. The van der Waals surface area contributed by atoms with Crippen LogP contribution in [0.25, 0.3) is 11.1 Å². The molecule has 1 aliphatic carbocycles. The number of hydrogen-bond donors (Lipinski definition) is 2. The second-order valence-corrected chi connectivity index (χ2v) is 8.95. The molecule has 3 aliphatic rings. The normalized spacial score (nSPS) is 27.1. The van der Waals surface area contributed by atoms with Gasteiger partial charge in [-0.2, -0.15) is 0 Å². The number of amides is 2. The molecule has 2 N–H and O–H groups in total. The van der Waals surface area contributed by atoms with Crippen LogP contribution < -0.4 is 10.6 Å². The highest BCUT2D eigenvalue weighted by Gasteiger charge is 2.44. The molecule has 2 amide bonds. The number of nitrogens with zero attached hydrogens (tertiary/aromatic N) is 1. The lowest BCUT2D eigenvalue weighted by molar-refractivity contribution is 0.0747. The number of carbonyl (C=O) groups is 1. The predicted octanol–water partition coefficient (Wildman–Crippen LogP) is 5.41. The van der Waals surface area contributed by atoms with Crippen LogP contribution in [0.4, 0.5) is 10.5 Å². The van der Waals surface area contributed by atoms with Crippen molar-refractivity contribution in [2.75, 3.05) is 5.32 Å². The molecule has 4 heteroatoms.